The first-order valence-electron chi connectivity index (χ1n) is 11.4. The lowest BCUT2D eigenvalue weighted by Crippen LogP contribution is -2.42. The Balaban J connectivity index is 1.40. The molecule has 0 aromatic carbocycles. The maximum Gasteiger partial charge on any atom is 0.191 e. The Morgan fingerprint density at radius 3 is 2.66 bits per heavy atom. The Bertz CT molecular complexity index is 1000. The van der Waals surface area contributed by atoms with Crippen LogP contribution in [0.4, 0.5) is 0 Å². The highest BCUT2D eigenvalue weighted by molar-refractivity contribution is 5.79. The number of pyridine rings is 1. The molecule has 8 nitrogen and oxygen atoms in total. The summed E-state index contributed by atoms with van der Waals surface area (Å²) in [5.41, 5.74) is 3.11. The Morgan fingerprint density at radius 1 is 1.19 bits per heavy atom. The van der Waals surface area contributed by atoms with Gasteiger partial charge < -0.3 is 15.1 Å². The largest absolute Gasteiger partial charge is 0.468 e. The highest BCUT2D eigenvalue weighted by atomic mass is 16.3. The molecule has 1 fully saturated rings. The maximum absolute atomic E-state index is 5.73. The molecule has 0 saturated carbocycles. The minimum absolute atomic E-state index is 0.207. The van der Waals surface area contributed by atoms with Crippen molar-refractivity contribution in [1.82, 2.24) is 30.3 Å². The van der Waals surface area contributed by atoms with Crippen LogP contribution < -0.4 is 10.6 Å². The van der Waals surface area contributed by atoms with Gasteiger partial charge in [0.2, 0.25) is 0 Å². The molecule has 4 rings (SSSR count). The van der Waals surface area contributed by atoms with Gasteiger partial charge in [-0.3, -0.25) is 4.90 Å². The number of hydrogen-bond donors (Lipinski definition) is 2. The van der Waals surface area contributed by atoms with Crippen LogP contribution in [0.5, 0.6) is 0 Å². The van der Waals surface area contributed by atoms with E-state index in [0.717, 1.165) is 60.7 Å². The van der Waals surface area contributed by atoms with Gasteiger partial charge in [0.1, 0.15) is 5.76 Å². The van der Waals surface area contributed by atoms with E-state index >= 15 is 0 Å². The van der Waals surface area contributed by atoms with Crippen LogP contribution in [-0.2, 0) is 6.54 Å². The lowest BCUT2D eigenvalue weighted by Gasteiger charge is -2.26. The molecule has 2 N–H and O–H groups in total. The molecule has 3 aromatic rings. The summed E-state index contributed by atoms with van der Waals surface area (Å²) in [5, 5.41) is 11.4. The van der Waals surface area contributed by atoms with Crippen molar-refractivity contribution in [2.45, 2.75) is 46.2 Å². The predicted molar refractivity (Wildman–Crippen MR) is 126 cm³/mol. The zero-order valence-corrected chi connectivity index (χ0v) is 19.2. The van der Waals surface area contributed by atoms with E-state index in [2.05, 4.69) is 44.7 Å². The van der Waals surface area contributed by atoms with Gasteiger partial charge in [0.25, 0.3) is 0 Å². The summed E-state index contributed by atoms with van der Waals surface area (Å²) in [6.45, 7) is 10.4. The van der Waals surface area contributed by atoms with Crippen molar-refractivity contribution in [3.8, 4) is 5.82 Å². The third-order valence-corrected chi connectivity index (χ3v) is 5.72. The van der Waals surface area contributed by atoms with Crippen molar-refractivity contribution in [2.75, 3.05) is 26.2 Å². The van der Waals surface area contributed by atoms with Crippen molar-refractivity contribution in [2.24, 2.45) is 4.99 Å². The molecule has 1 saturated heterocycles. The van der Waals surface area contributed by atoms with E-state index in [1.807, 2.05) is 42.9 Å². The summed E-state index contributed by atoms with van der Waals surface area (Å²) in [6.07, 6.45) is 6.10. The zero-order valence-electron chi connectivity index (χ0n) is 19.2. The van der Waals surface area contributed by atoms with Gasteiger partial charge >= 0.3 is 0 Å². The van der Waals surface area contributed by atoms with Crippen molar-refractivity contribution in [3.05, 3.63) is 65.5 Å². The molecule has 1 atom stereocenters. The second-order valence-corrected chi connectivity index (χ2v) is 8.21. The van der Waals surface area contributed by atoms with E-state index in [-0.39, 0.29) is 6.04 Å². The number of likely N-dealkylation sites (tertiary alicyclic amines) is 1. The van der Waals surface area contributed by atoms with Crippen molar-refractivity contribution in [3.63, 3.8) is 0 Å². The number of hydrogen-bond acceptors (Lipinski definition) is 5. The lowest BCUT2D eigenvalue weighted by molar-refractivity contribution is 0.215. The van der Waals surface area contributed by atoms with Crippen LogP contribution in [0.25, 0.3) is 5.82 Å². The summed E-state index contributed by atoms with van der Waals surface area (Å²) >= 11 is 0. The van der Waals surface area contributed by atoms with Crippen LogP contribution in [0.15, 0.2) is 52.2 Å². The monoisotopic (exact) mass is 435 g/mol. The number of aryl methyl sites for hydroxylation is 2. The molecule has 32 heavy (non-hydrogen) atoms. The van der Waals surface area contributed by atoms with E-state index in [4.69, 9.17) is 9.41 Å². The molecule has 0 aliphatic carbocycles. The number of guanidine groups is 1. The molecule has 0 radical (unpaired) electrons. The number of rotatable bonds is 8. The first-order valence-corrected chi connectivity index (χ1v) is 11.4. The van der Waals surface area contributed by atoms with Gasteiger partial charge in [-0.05, 0) is 76.5 Å². The van der Waals surface area contributed by atoms with E-state index in [1.165, 1.54) is 12.8 Å². The summed E-state index contributed by atoms with van der Waals surface area (Å²) in [5.74, 6) is 2.62. The van der Waals surface area contributed by atoms with Crippen LogP contribution >= 0.6 is 0 Å². The summed E-state index contributed by atoms with van der Waals surface area (Å²) in [6, 6.07) is 10.3. The quantitative estimate of drug-likeness (QED) is 0.417. The number of furan rings is 1. The standard InChI is InChI=1S/C24H33N7O/c1-4-25-24(28-17-21(22-8-7-13-32-22)30-11-5-6-12-30)27-16-20-9-10-23(26-15-20)31-19(3)14-18(2)29-31/h7-10,13-15,21H,4-6,11-12,16-17H2,1-3H3,(H2,25,27,28). The van der Waals surface area contributed by atoms with Crippen LogP contribution in [0.2, 0.25) is 0 Å². The molecular weight excluding hydrogens is 402 g/mol. The summed E-state index contributed by atoms with van der Waals surface area (Å²) in [4.78, 5) is 11.8. The molecule has 8 heteroatoms. The van der Waals surface area contributed by atoms with Crippen LogP contribution in [-0.4, -0.2) is 51.8 Å². The Hall–Kier alpha value is -3.13. The normalized spacial score (nSPS) is 15.8. The molecule has 170 valence electrons. The highest BCUT2D eigenvalue weighted by Gasteiger charge is 2.25. The Morgan fingerprint density at radius 2 is 2.03 bits per heavy atom. The van der Waals surface area contributed by atoms with Crippen LogP contribution in [0.3, 0.4) is 0 Å². The fourth-order valence-corrected chi connectivity index (χ4v) is 4.15. The average molecular weight is 436 g/mol. The van der Waals surface area contributed by atoms with Gasteiger partial charge in [-0.2, -0.15) is 5.10 Å². The second-order valence-electron chi connectivity index (χ2n) is 8.21. The minimum Gasteiger partial charge on any atom is -0.468 e. The number of nitrogens with one attached hydrogen (secondary N) is 2. The number of nitrogens with zero attached hydrogens (tertiary/aromatic N) is 5. The molecule has 0 bridgehead atoms. The average Bonchev–Trinajstić information content (AvgIpc) is 3.56. The molecule has 0 amide bonds. The van der Waals surface area contributed by atoms with E-state index in [9.17, 15) is 0 Å². The third-order valence-electron chi connectivity index (χ3n) is 5.72. The smallest absolute Gasteiger partial charge is 0.191 e. The van der Waals surface area contributed by atoms with Gasteiger partial charge in [-0.1, -0.05) is 6.07 Å². The molecule has 1 aliphatic rings. The topological polar surface area (TPSA) is 83.5 Å². The van der Waals surface area contributed by atoms with Crippen LogP contribution in [0.1, 0.15) is 48.5 Å². The van der Waals surface area contributed by atoms with Crippen molar-refractivity contribution < 1.29 is 4.42 Å². The van der Waals surface area contributed by atoms with E-state index < -0.39 is 0 Å². The highest BCUT2D eigenvalue weighted by Crippen LogP contribution is 2.24. The Labute approximate surface area is 189 Å². The predicted octanol–water partition coefficient (Wildman–Crippen LogP) is 3.37. The molecule has 1 unspecified atom stereocenters. The van der Waals surface area contributed by atoms with Gasteiger partial charge in [0.15, 0.2) is 11.8 Å². The number of aliphatic imine (C=N–C) groups is 1. The first-order chi connectivity index (χ1) is 15.6. The number of aromatic nitrogens is 3. The third kappa shape index (κ3) is 5.37. The zero-order chi connectivity index (χ0) is 22.3. The van der Waals surface area contributed by atoms with Crippen LogP contribution in [0, 0.1) is 13.8 Å². The fraction of sp³-hybridized carbons (Fsp3) is 0.458. The maximum atomic E-state index is 5.73. The van der Waals surface area contributed by atoms with Crippen molar-refractivity contribution in [1.29, 1.82) is 0 Å². The second kappa shape index (κ2) is 10.5. The molecule has 1 aliphatic heterocycles. The first kappa shape index (κ1) is 22.1. The van der Waals surface area contributed by atoms with E-state index in [1.54, 1.807) is 6.26 Å². The van der Waals surface area contributed by atoms with Gasteiger partial charge in [-0.15, -0.1) is 0 Å². The van der Waals surface area contributed by atoms with E-state index in [0.29, 0.717) is 6.54 Å². The van der Waals surface area contributed by atoms with Gasteiger partial charge in [0.05, 0.1) is 24.5 Å². The van der Waals surface area contributed by atoms with Gasteiger partial charge in [-0.25, -0.2) is 14.7 Å². The molecule has 4 heterocycles. The lowest BCUT2D eigenvalue weighted by atomic mass is 10.2. The molecule has 3 aromatic heterocycles. The molecular formula is C24H33N7O. The Kier molecular flexibility index (Phi) is 7.21. The van der Waals surface area contributed by atoms with Gasteiger partial charge in [0, 0.05) is 25.0 Å². The summed E-state index contributed by atoms with van der Waals surface area (Å²) in [7, 11) is 0. The minimum atomic E-state index is 0.207. The fourth-order valence-electron chi connectivity index (χ4n) is 4.15. The summed E-state index contributed by atoms with van der Waals surface area (Å²) < 4.78 is 7.59. The SMILES string of the molecule is CCNC(=NCc1ccc(-n2nc(C)cc2C)nc1)NCC(c1ccco1)N1CCCC1. The molecule has 0 spiro atoms. The van der Waals surface area contributed by atoms with Crippen molar-refractivity contribution >= 4 is 5.96 Å².